The summed E-state index contributed by atoms with van der Waals surface area (Å²) in [4.78, 5) is 27.6. The Morgan fingerprint density at radius 1 is 1.37 bits per heavy atom. The van der Waals surface area contributed by atoms with Crippen LogP contribution in [0.4, 0.5) is 0 Å². The van der Waals surface area contributed by atoms with E-state index in [1.807, 2.05) is 24.0 Å². The Hall–Kier alpha value is -1.36. The fraction of sp³-hybridized carbons (Fsp3) is 0.571. The van der Waals surface area contributed by atoms with Gasteiger partial charge in [0.05, 0.1) is 4.88 Å². The molecule has 1 spiro atoms. The van der Waals surface area contributed by atoms with Gasteiger partial charge in [-0.2, -0.15) is 0 Å². The molecule has 1 aromatic heterocycles. The predicted octanol–water partition coefficient (Wildman–Crippen LogP) is 1.80. The summed E-state index contributed by atoms with van der Waals surface area (Å²) in [6.07, 6.45) is 2.50. The Balaban J connectivity index is 1.64. The lowest BCUT2D eigenvalue weighted by Gasteiger charge is -2.38. The summed E-state index contributed by atoms with van der Waals surface area (Å²) >= 11 is 1.56. The molecule has 0 bridgehead atoms. The van der Waals surface area contributed by atoms with Crippen LogP contribution in [0.2, 0.25) is 0 Å². The number of rotatable bonds is 1. The smallest absolute Gasteiger partial charge is 0.263 e. The van der Waals surface area contributed by atoms with E-state index in [-0.39, 0.29) is 17.2 Å². The topological polar surface area (TPSA) is 49.4 Å². The fourth-order valence-corrected chi connectivity index (χ4v) is 3.83. The van der Waals surface area contributed by atoms with Gasteiger partial charge >= 0.3 is 0 Å². The summed E-state index contributed by atoms with van der Waals surface area (Å²) in [5, 5.41) is 2.92. The number of aryl methyl sites for hydroxylation is 1. The number of nitrogens with one attached hydrogen (secondary N) is 1. The molecule has 0 atom stereocenters. The van der Waals surface area contributed by atoms with Gasteiger partial charge in [-0.3, -0.25) is 9.59 Å². The zero-order valence-corrected chi connectivity index (χ0v) is 11.9. The molecule has 0 radical (unpaired) electrons. The number of hydrogen-bond donors (Lipinski definition) is 1. The van der Waals surface area contributed by atoms with Crippen LogP contribution in [0.15, 0.2) is 12.1 Å². The lowest BCUT2D eigenvalue weighted by Crippen LogP contribution is -2.43. The van der Waals surface area contributed by atoms with Gasteiger partial charge in [0.1, 0.15) is 0 Å². The fourth-order valence-electron chi connectivity index (χ4n) is 2.99. The zero-order chi connectivity index (χ0) is 13.5. The minimum absolute atomic E-state index is 0.110. The summed E-state index contributed by atoms with van der Waals surface area (Å²) in [6.45, 7) is 4.34. The van der Waals surface area contributed by atoms with Crippen molar-refractivity contribution >= 4 is 23.2 Å². The van der Waals surface area contributed by atoms with Crippen LogP contribution in [-0.2, 0) is 4.79 Å². The van der Waals surface area contributed by atoms with E-state index in [0.717, 1.165) is 37.4 Å². The van der Waals surface area contributed by atoms with Crippen LogP contribution in [0.25, 0.3) is 0 Å². The molecule has 102 valence electrons. The minimum Gasteiger partial charge on any atom is -0.356 e. The molecular formula is C14H18N2O2S. The summed E-state index contributed by atoms with van der Waals surface area (Å²) < 4.78 is 0. The highest BCUT2D eigenvalue weighted by Gasteiger charge is 2.41. The Morgan fingerprint density at radius 3 is 2.63 bits per heavy atom. The lowest BCUT2D eigenvalue weighted by molar-refractivity contribution is -0.119. The predicted molar refractivity (Wildman–Crippen MR) is 74.3 cm³/mol. The van der Waals surface area contributed by atoms with Crippen LogP contribution >= 0.6 is 11.3 Å². The third kappa shape index (κ3) is 2.39. The zero-order valence-electron chi connectivity index (χ0n) is 11.1. The van der Waals surface area contributed by atoms with Gasteiger partial charge in [-0.15, -0.1) is 11.3 Å². The van der Waals surface area contributed by atoms with Crippen molar-refractivity contribution in [3.63, 3.8) is 0 Å². The van der Waals surface area contributed by atoms with Gasteiger partial charge in [-0.1, -0.05) is 0 Å². The van der Waals surface area contributed by atoms with Crippen molar-refractivity contribution in [1.29, 1.82) is 0 Å². The first kappa shape index (κ1) is 12.7. The molecule has 2 aliphatic rings. The van der Waals surface area contributed by atoms with Gasteiger partial charge in [0.15, 0.2) is 0 Å². The maximum absolute atomic E-state index is 12.3. The van der Waals surface area contributed by atoms with E-state index in [0.29, 0.717) is 6.42 Å². The van der Waals surface area contributed by atoms with Crippen molar-refractivity contribution in [3.8, 4) is 0 Å². The Labute approximate surface area is 116 Å². The van der Waals surface area contributed by atoms with E-state index in [1.165, 1.54) is 4.88 Å². The first-order chi connectivity index (χ1) is 9.08. The quantitative estimate of drug-likeness (QED) is 0.851. The number of nitrogens with zero attached hydrogens (tertiary/aromatic N) is 1. The minimum atomic E-state index is 0.110. The van der Waals surface area contributed by atoms with Gasteiger partial charge in [0.25, 0.3) is 5.91 Å². The SMILES string of the molecule is Cc1ccc(C(=O)N2CCC3(CC2)CNC(=O)C3)s1. The highest BCUT2D eigenvalue weighted by atomic mass is 32.1. The van der Waals surface area contributed by atoms with Gasteiger partial charge in [0, 0.05) is 30.9 Å². The van der Waals surface area contributed by atoms with E-state index in [9.17, 15) is 9.59 Å². The number of thiophene rings is 1. The van der Waals surface area contributed by atoms with Gasteiger partial charge in [0.2, 0.25) is 5.91 Å². The van der Waals surface area contributed by atoms with Gasteiger partial charge < -0.3 is 10.2 Å². The molecule has 19 heavy (non-hydrogen) atoms. The molecule has 0 saturated carbocycles. The second kappa shape index (κ2) is 4.63. The third-order valence-corrected chi connectivity index (χ3v) is 5.25. The van der Waals surface area contributed by atoms with Crippen molar-refractivity contribution < 1.29 is 9.59 Å². The van der Waals surface area contributed by atoms with Crippen molar-refractivity contribution in [2.45, 2.75) is 26.2 Å². The van der Waals surface area contributed by atoms with Crippen molar-refractivity contribution in [2.75, 3.05) is 19.6 Å². The van der Waals surface area contributed by atoms with E-state index in [4.69, 9.17) is 0 Å². The molecule has 0 unspecified atom stereocenters. The summed E-state index contributed by atoms with van der Waals surface area (Å²) in [5.41, 5.74) is 0.110. The number of amides is 2. The van der Waals surface area contributed by atoms with Crippen molar-refractivity contribution in [1.82, 2.24) is 10.2 Å². The summed E-state index contributed by atoms with van der Waals surface area (Å²) in [7, 11) is 0. The number of carbonyl (C=O) groups excluding carboxylic acids is 2. The second-order valence-corrected chi connectivity index (χ2v) is 6.94. The Bertz CT molecular complexity index is 515. The second-order valence-electron chi connectivity index (χ2n) is 5.66. The molecule has 5 heteroatoms. The molecule has 3 rings (SSSR count). The monoisotopic (exact) mass is 278 g/mol. The molecule has 4 nitrogen and oxygen atoms in total. The first-order valence-corrected chi connectivity index (χ1v) is 7.52. The number of piperidine rings is 1. The van der Waals surface area contributed by atoms with Crippen LogP contribution in [0, 0.1) is 12.3 Å². The lowest BCUT2D eigenvalue weighted by atomic mass is 9.77. The maximum Gasteiger partial charge on any atom is 0.263 e. The standard InChI is InChI=1S/C14H18N2O2S/c1-10-2-3-11(19-10)13(18)16-6-4-14(5-7-16)8-12(17)15-9-14/h2-3H,4-9H2,1H3,(H,15,17). The molecule has 0 aromatic carbocycles. The normalized spacial score (nSPS) is 21.7. The molecular weight excluding hydrogens is 260 g/mol. The molecule has 0 aliphatic carbocycles. The van der Waals surface area contributed by atoms with E-state index in [2.05, 4.69) is 5.32 Å². The molecule has 3 heterocycles. The third-order valence-electron chi connectivity index (χ3n) is 4.26. The van der Waals surface area contributed by atoms with Crippen LogP contribution in [0.5, 0.6) is 0 Å². The number of likely N-dealkylation sites (tertiary alicyclic amines) is 1. The average Bonchev–Trinajstić information content (AvgIpc) is 2.97. The summed E-state index contributed by atoms with van der Waals surface area (Å²) in [5.74, 6) is 0.305. The van der Waals surface area contributed by atoms with E-state index >= 15 is 0 Å². The molecule has 1 aromatic rings. The Kier molecular flexibility index (Phi) is 3.09. The average molecular weight is 278 g/mol. The largest absolute Gasteiger partial charge is 0.356 e. The van der Waals surface area contributed by atoms with Crippen LogP contribution in [-0.4, -0.2) is 36.3 Å². The first-order valence-electron chi connectivity index (χ1n) is 6.70. The molecule has 2 aliphatic heterocycles. The van der Waals surface area contributed by atoms with Gasteiger partial charge in [-0.05, 0) is 37.3 Å². The Morgan fingerprint density at radius 2 is 2.11 bits per heavy atom. The maximum atomic E-state index is 12.3. The van der Waals surface area contributed by atoms with Gasteiger partial charge in [-0.25, -0.2) is 0 Å². The molecule has 2 saturated heterocycles. The summed E-state index contributed by atoms with van der Waals surface area (Å²) in [6, 6.07) is 3.90. The van der Waals surface area contributed by atoms with Crippen LogP contribution in [0.1, 0.15) is 33.8 Å². The highest BCUT2D eigenvalue weighted by molar-refractivity contribution is 7.13. The van der Waals surface area contributed by atoms with Crippen molar-refractivity contribution in [2.24, 2.45) is 5.41 Å². The molecule has 2 amide bonds. The van der Waals surface area contributed by atoms with E-state index < -0.39 is 0 Å². The highest BCUT2D eigenvalue weighted by Crippen LogP contribution is 2.37. The molecule has 1 N–H and O–H groups in total. The number of carbonyl (C=O) groups is 2. The van der Waals surface area contributed by atoms with E-state index in [1.54, 1.807) is 11.3 Å². The molecule has 2 fully saturated rings. The van der Waals surface area contributed by atoms with Crippen LogP contribution in [0.3, 0.4) is 0 Å². The van der Waals surface area contributed by atoms with Crippen LogP contribution < -0.4 is 5.32 Å². The number of hydrogen-bond acceptors (Lipinski definition) is 3. The van der Waals surface area contributed by atoms with Crippen molar-refractivity contribution in [3.05, 3.63) is 21.9 Å².